The van der Waals surface area contributed by atoms with E-state index in [1.54, 1.807) is 6.92 Å². The minimum absolute atomic E-state index is 0.0429. The molecule has 1 aliphatic heterocycles. The highest BCUT2D eigenvalue weighted by Gasteiger charge is 2.28. The van der Waals surface area contributed by atoms with Crippen LogP contribution in [0.2, 0.25) is 0 Å². The maximum Gasteiger partial charge on any atom is 0.255 e. The minimum Gasteiger partial charge on any atom is -0.496 e. The molecule has 134 valence electrons. The summed E-state index contributed by atoms with van der Waals surface area (Å²) in [7, 11) is -2.51. The molecule has 0 radical (unpaired) electrons. The molecule has 0 aromatic heterocycles. The number of hydrogen-bond donors (Lipinski definition) is 3. The van der Waals surface area contributed by atoms with Gasteiger partial charge < -0.3 is 15.2 Å². The lowest BCUT2D eigenvalue weighted by Gasteiger charge is -2.27. The molecule has 2 unspecified atom stereocenters. The maximum atomic E-state index is 12.4. The van der Waals surface area contributed by atoms with E-state index in [2.05, 4.69) is 5.32 Å². The van der Waals surface area contributed by atoms with Crippen molar-refractivity contribution in [3.05, 3.63) is 23.8 Å². The van der Waals surface area contributed by atoms with Crippen LogP contribution in [0.5, 0.6) is 5.75 Å². The van der Waals surface area contributed by atoms with E-state index < -0.39 is 22.2 Å². The lowest BCUT2D eigenvalue weighted by atomic mass is 10.1. The standard InChI is InChI=1S/C15H23N3O5S/c1-10(19)18-7-3-4-11(18)9-17-15(20)13-8-12(24(16,21)22)5-6-14(13)23-2/h5-6,8,10-11,19H,3-4,7,9H2,1-2H3,(H,17,20)(H2,16,21,22). The van der Waals surface area contributed by atoms with Gasteiger partial charge in [0.15, 0.2) is 0 Å². The number of nitrogens with two attached hydrogens (primary N) is 1. The maximum absolute atomic E-state index is 12.4. The Morgan fingerprint density at radius 1 is 1.54 bits per heavy atom. The average Bonchev–Trinajstić information content (AvgIpc) is 2.99. The van der Waals surface area contributed by atoms with Gasteiger partial charge in [-0.3, -0.25) is 9.69 Å². The molecule has 1 amide bonds. The molecular weight excluding hydrogens is 334 g/mol. The van der Waals surface area contributed by atoms with Gasteiger partial charge in [0.05, 0.1) is 17.6 Å². The Balaban J connectivity index is 2.14. The summed E-state index contributed by atoms with van der Waals surface area (Å²) in [5.41, 5.74) is 0.102. The van der Waals surface area contributed by atoms with Crippen molar-refractivity contribution in [3.63, 3.8) is 0 Å². The second kappa shape index (κ2) is 7.47. The minimum atomic E-state index is -3.91. The van der Waals surface area contributed by atoms with Crippen molar-refractivity contribution < 1.29 is 23.1 Å². The van der Waals surface area contributed by atoms with Gasteiger partial charge in [-0.25, -0.2) is 13.6 Å². The molecule has 0 saturated carbocycles. The number of methoxy groups -OCH3 is 1. The number of sulfonamides is 1. The van der Waals surface area contributed by atoms with Crippen LogP contribution in [0.3, 0.4) is 0 Å². The van der Waals surface area contributed by atoms with Gasteiger partial charge in [0.25, 0.3) is 5.91 Å². The number of nitrogens with one attached hydrogen (secondary N) is 1. The van der Waals surface area contributed by atoms with E-state index in [1.807, 2.05) is 4.90 Å². The summed E-state index contributed by atoms with van der Waals surface area (Å²) in [6, 6.07) is 3.93. The number of likely N-dealkylation sites (tertiary alicyclic amines) is 1. The van der Waals surface area contributed by atoms with Crippen molar-refractivity contribution in [3.8, 4) is 5.75 Å². The molecule has 1 heterocycles. The van der Waals surface area contributed by atoms with Crippen molar-refractivity contribution in [2.75, 3.05) is 20.2 Å². The Hall–Kier alpha value is -1.68. The van der Waals surface area contributed by atoms with Crippen LogP contribution < -0.4 is 15.2 Å². The fourth-order valence-corrected chi connectivity index (χ4v) is 3.46. The SMILES string of the molecule is COc1ccc(S(N)(=O)=O)cc1C(=O)NCC1CCCN1C(C)O. The highest BCUT2D eigenvalue weighted by atomic mass is 32.2. The molecule has 2 rings (SSSR count). The average molecular weight is 357 g/mol. The van der Waals surface area contributed by atoms with Crippen LogP contribution in [0, 0.1) is 0 Å². The summed E-state index contributed by atoms with van der Waals surface area (Å²) in [5, 5.41) is 17.6. The Labute approximate surface area is 141 Å². The first kappa shape index (κ1) is 18.7. The number of primary sulfonamides is 1. The molecule has 0 spiro atoms. The molecule has 1 aromatic carbocycles. The Kier molecular flexibility index (Phi) is 5.81. The molecule has 0 bridgehead atoms. The summed E-state index contributed by atoms with van der Waals surface area (Å²) in [4.78, 5) is 14.2. The zero-order valence-corrected chi connectivity index (χ0v) is 14.5. The molecule has 1 aliphatic rings. The molecule has 1 fully saturated rings. The highest BCUT2D eigenvalue weighted by molar-refractivity contribution is 7.89. The number of aliphatic hydroxyl groups excluding tert-OH is 1. The molecule has 8 nitrogen and oxygen atoms in total. The van der Waals surface area contributed by atoms with Gasteiger partial charge in [-0.2, -0.15) is 0 Å². The molecular formula is C15H23N3O5S. The molecule has 24 heavy (non-hydrogen) atoms. The van der Waals surface area contributed by atoms with E-state index in [1.165, 1.54) is 25.3 Å². The third-order valence-electron chi connectivity index (χ3n) is 4.14. The molecule has 1 aromatic rings. The van der Waals surface area contributed by atoms with Crippen LogP contribution in [-0.2, 0) is 10.0 Å². The number of nitrogens with zero attached hydrogens (tertiary/aromatic N) is 1. The largest absolute Gasteiger partial charge is 0.496 e. The summed E-state index contributed by atoms with van der Waals surface area (Å²) in [6.07, 6.45) is 1.25. The number of carbonyl (C=O) groups is 1. The van der Waals surface area contributed by atoms with Crippen molar-refractivity contribution in [2.45, 2.75) is 36.9 Å². The first-order valence-corrected chi connectivity index (χ1v) is 9.21. The fraction of sp³-hybridized carbons (Fsp3) is 0.533. The number of rotatable bonds is 6. The van der Waals surface area contributed by atoms with Gasteiger partial charge in [-0.05, 0) is 38.0 Å². The smallest absolute Gasteiger partial charge is 0.255 e. The quantitative estimate of drug-likeness (QED) is 0.652. The number of hydrogen-bond acceptors (Lipinski definition) is 6. The van der Waals surface area contributed by atoms with E-state index in [0.717, 1.165) is 19.4 Å². The van der Waals surface area contributed by atoms with Gasteiger partial charge in [-0.1, -0.05) is 0 Å². The van der Waals surface area contributed by atoms with Crippen LogP contribution in [0.25, 0.3) is 0 Å². The molecule has 4 N–H and O–H groups in total. The number of amides is 1. The first-order valence-electron chi connectivity index (χ1n) is 7.67. The summed E-state index contributed by atoms with van der Waals surface area (Å²) < 4.78 is 28.0. The van der Waals surface area contributed by atoms with Crippen LogP contribution in [0.1, 0.15) is 30.1 Å². The van der Waals surface area contributed by atoms with E-state index in [4.69, 9.17) is 9.88 Å². The van der Waals surface area contributed by atoms with Crippen molar-refractivity contribution in [1.82, 2.24) is 10.2 Å². The predicted octanol–water partition coefficient (Wildman–Crippen LogP) is -0.125. The van der Waals surface area contributed by atoms with E-state index >= 15 is 0 Å². The number of carbonyl (C=O) groups excluding carboxylic acids is 1. The lowest BCUT2D eigenvalue weighted by molar-refractivity contribution is 0.0100. The van der Waals surface area contributed by atoms with E-state index in [-0.39, 0.29) is 22.3 Å². The Bertz CT molecular complexity index is 705. The topological polar surface area (TPSA) is 122 Å². The second-order valence-corrected chi connectivity index (χ2v) is 7.34. The van der Waals surface area contributed by atoms with Crippen molar-refractivity contribution >= 4 is 15.9 Å². The van der Waals surface area contributed by atoms with Gasteiger partial charge in [0.2, 0.25) is 10.0 Å². The lowest BCUT2D eigenvalue weighted by Crippen LogP contribution is -2.44. The number of ether oxygens (including phenoxy) is 1. The van der Waals surface area contributed by atoms with Gasteiger partial charge in [0.1, 0.15) is 12.0 Å². The highest BCUT2D eigenvalue weighted by Crippen LogP contribution is 2.23. The van der Waals surface area contributed by atoms with Crippen LogP contribution in [0.4, 0.5) is 0 Å². The first-order chi connectivity index (χ1) is 11.2. The van der Waals surface area contributed by atoms with Crippen LogP contribution in [0.15, 0.2) is 23.1 Å². The Morgan fingerprint density at radius 2 is 2.25 bits per heavy atom. The molecule has 1 saturated heterocycles. The van der Waals surface area contributed by atoms with Crippen LogP contribution >= 0.6 is 0 Å². The van der Waals surface area contributed by atoms with Gasteiger partial charge in [0, 0.05) is 19.1 Å². The molecule has 0 aliphatic carbocycles. The summed E-state index contributed by atoms with van der Waals surface area (Å²) in [6.45, 7) is 2.83. The van der Waals surface area contributed by atoms with E-state index in [9.17, 15) is 18.3 Å². The fourth-order valence-electron chi connectivity index (χ4n) is 2.92. The summed E-state index contributed by atoms with van der Waals surface area (Å²) in [5.74, 6) is -0.187. The van der Waals surface area contributed by atoms with Crippen LogP contribution in [-0.4, -0.2) is 56.8 Å². The van der Waals surface area contributed by atoms with E-state index in [0.29, 0.717) is 6.54 Å². The normalized spacial score (nSPS) is 19.9. The zero-order valence-electron chi connectivity index (χ0n) is 13.7. The molecule has 2 atom stereocenters. The summed E-state index contributed by atoms with van der Waals surface area (Å²) >= 11 is 0. The van der Waals surface area contributed by atoms with Crippen molar-refractivity contribution in [1.29, 1.82) is 0 Å². The molecule has 9 heteroatoms. The van der Waals surface area contributed by atoms with Gasteiger partial charge >= 0.3 is 0 Å². The number of benzene rings is 1. The number of aliphatic hydroxyl groups is 1. The second-order valence-electron chi connectivity index (χ2n) is 5.78. The van der Waals surface area contributed by atoms with Crippen molar-refractivity contribution in [2.24, 2.45) is 5.14 Å². The third kappa shape index (κ3) is 4.23. The zero-order chi connectivity index (χ0) is 17.9. The Morgan fingerprint density at radius 3 is 2.83 bits per heavy atom. The predicted molar refractivity (Wildman–Crippen MR) is 88.1 cm³/mol. The van der Waals surface area contributed by atoms with Gasteiger partial charge in [-0.15, -0.1) is 0 Å². The monoisotopic (exact) mass is 357 g/mol. The third-order valence-corrected chi connectivity index (χ3v) is 5.06.